The molecule has 1 aliphatic heterocycles. The van der Waals surface area contributed by atoms with Crippen LogP contribution in [-0.2, 0) is 0 Å². The van der Waals surface area contributed by atoms with Gasteiger partial charge in [0.05, 0.1) is 19.7 Å². The summed E-state index contributed by atoms with van der Waals surface area (Å²) in [4.78, 5) is 0. The normalized spacial score (nSPS) is 17.9. The topological polar surface area (TPSA) is 0 Å². The summed E-state index contributed by atoms with van der Waals surface area (Å²) in [6, 6.07) is 5.20. The summed E-state index contributed by atoms with van der Waals surface area (Å²) < 4.78 is 13.8. The third-order valence-corrected chi connectivity index (χ3v) is 2.26. The minimum Gasteiger partial charge on any atom is -0.269 e. The molecule has 0 aliphatic carbocycles. The van der Waals surface area contributed by atoms with E-state index in [0.29, 0.717) is 4.48 Å². The molecule has 0 unspecified atom stereocenters. The van der Waals surface area contributed by atoms with E-state index >= 15 is 0 Å². The molecule has 0 saturated heterocycles. The van der Waals surface area contributed by atoms with Gasteiger partial charge in [-0.2, -0.15) is 0 Å². The maximum atomic E-state index is 13.2. The number of fused-ring (bicyclic) bond motifs is 1. The van der Waals surface area contributed by atoms with Crippen LogP contribution in [0.5, 0.6) is 0 Å². The predicted octanol–water partition coefficient (Wildman–Crippen LogP) is 2.38. The first kappa shape index (κ1) is 7.50. The van der Waals surface area contributed by atoms with Gasteiger partial charge in [-0.15, -0.1) is 0 Å². The Kier molecular flexibility index (Phi) is 1.36. The van der Waals surface area contributed by atoms with Crippen molar-refractivity contribution >= 4 is 11.8 Å². The van der Waals surface area contributed by atoms with Gasteiger partial charge in [0.25, 0.3) is 0 Å². The lowest BCUT2D eigenvalue weighted by molar-refractivity contribution is 0.545. The van der Waals surface area contributed by atoms with Gasteiger partial charge in [0, 0.05) is 12.1 Å². The number of halogens is 1. The summed E-state index contributed by atoms with van der Waals surface area (Å²) >= 11 is 0. The fourth-order valence-electron chi connectivity index (χ4n) is 1.53. The lowest BCUT2D eigenvalue weighted by atomic mass is 10.2. The molecule has 0 bridgehead atoms. The molecule has 1 nitrogen and oxygen atoms in total. The molecule has 2 heteroatoms. The van der Waals surface area contributed by atoms with Crippen LogP contribution in [0.1, 0.15) is 5.56 Å². The molecular weight excluding hydrogens is 153 g/mol. The Labute approximate surface area is 71.3 Å². The number of nitrogens with zero attached hydrogens (tertiary/aromatic N) is 1. The van der Waals surface area contributed by atoms with E-state index in [1.54, 1.807) is 6.07 Å². The van der Waals surface area contributed by atoms with Crippen molar-refractivity contribution < 1.29 is 4.39 Å². The molecule has 0 fully saturated rings. The van der Waals surface area contributed by atoms with Crippen molar-refractivity contribution in [1.29, 1.82) is 0 Å². The van der Waals surface area contributed by atoms with Gasteiger partial charge in [-0.3, -0.25) is 4.48 Å². The van der Waals surface area contributed by atoms with Crippen LogP contribution < -0.4 is 4.48 Å². The van der Waals surface area contributed by atoms with Crippen LogP contribution >= 0.6 is 0 Å². The van der Waals surface area contributed by atoms with Gasteiger partial charge in [0.2, 0.25) is 0 Å². The Bertz CT molecular complexity index is 353. The van der Waals surface area contributed by atoms with Gasteiger partial charge >= 0.3 is 0 Å². The zero-order valence-electron chi connectivity index (χ0n) is 7.21. The highest BCUT2D eigenvalue weighted by atomic mass is 19.1. The zero-order chi connectivity index (χ0) is 8.77. The lowest BCUT2D eigenvalue weighted by Crippen LogP contribution is -2.31. The van der Waals surface area contributed by atoms with E-state index in [9.17, 15) is 4.39 Å². The first-order chi connectivity index (χ1) is 5.61. The highest BCUT2D eigenvalue weighted by Gasteiger charge is 2.26. The molecule has 1 aliphatic rings. The highest BCUT2D eigenvalue weighted by molar-refractivity contribution is 5.73. The molecule has 0 atom stereocenters. The second-order valence-electron chi connectivity index (χ2n) is 3.53. The number of quaternary nitrogens is 1. The van der Waals surface area contributed by atoms with Crippen LogP contribution in [0.2, 0.25) is 0 Å². The molecule has 62 valence electrons. The Morgan fingerprint density at radius 2 is 2.00 bits per heavy atom. The average molecular weight is 164 g/mol. The first-order valence-electron chi connectivity index (χ1n) is 3.93. The zero-order valence-corrected chi connectivity index (χ0v) is 7.21. The summed E-state index contributed by atoms with van der Waals surface area (Å²) in [6.45, 7) is 0. The van der Waals surface area contributed by atoms with Crippen molar-refractivity contribution in [3.8, 4) is 0 Å². The van der Waals surface area contributed by atoms with Crippen molar-refractivity contribution in [1.82, 2.24) is 4.48 Å². The maximum Gasteiger partial charge on any atom is 0.147 e. The predicted molar refractivity (Wildman–Crippen MR) is 49.1 cm³/mol. The van der Waals surface area contributed by atoms with Gasteiger partial charge in [-0.05, 0) is 6.07 Å². The Hall–Kier alpha value is -1.15. The van der Waals surface area contributed by atoms with Crippen LogP contribution in [0.3, 0.4) is 0 Å². The molecule has 12 heavy (non-hydrogen) atoms. The summed E-state index contributed by atoms with van der Waals surface area (Å²) in [5, 5.41) is 0. The summed E-state index contributed by atoms with van der Waals surface area (Å²) in [7, 11) is 4.06. The van der Waals surface area contributed by atoms with Crippen LogP contribution in [0.15, 0.2) is 24.4 Å². The van der Waals surface area contributed by atoms with E-state index in [2.05, 4.69) is 0 Å². The highest BCUT2D eigenvalue weighted by Crippen LogP contribution is 2.33. The Balaban J connectivity index is 2.68. The Morgan fingerprint density at radius 3 is 2.67 bits per heavy atom. The number of hydrogen-bond acceptors (Lipinski definition) is 0. The van der Waals surface area contributed by atoms with Crippen LogP contribution in [0.4, 0.5) is 10.1 Å². The van der Waals surface area contributed by atoms with E-state index in [1.807, 2.05) is 32.4 Å². The lowest BCUT2D eigenvalue weighted by Gasteiger charge is -2.20. The van der Waals surface area contributed by atoms with E-state index in [-0.39, 0.29) is 5.82 Å². The van der Waals surface area contributed by atoms with Crippen molar-refractivity contribution in [2.75, 3.05) is 14.1 Å². The van der Waals surface area contributed by atoms with Gasteiger partial charge < -0.3 is 0 Å². The van der Waals surface area contributed by atoms with Crippen LogP contribution in [-0.4, -0.2) is 14.1 Å². The molecule has 1 aromatic rings. The van der Waals surface area contributed by atoms with E-state index in [4.69, 9.17) is 0 Å². The summed E-state index contributed by atoms with van der Waals surface area (Å²) in [5.41, 5.74) is 1.75. The third kappa shape index (κ3) is 0.883. The maximum absolute atomic E-state index is 13.2. The molecule has 1 aromatic carbocycles. The van der Waals surface area contributed by atoms with E-state index in [0.717, 1.165) is 11.3 Å². The quantitative estimate of drug-likeness (QED) is 0.516. The SMILES string of the molecule is C[N+]1(C)C=Cc2c(F)cccc21. The number of benzene rings is 1. The van der Waals surface area contributed by atoms with E-state index < -0.39 is 0 Å². The molecule has 0 spiro atoms. The second-order valence-corrected chi connectivity index (χ2v) is 3.53. The van der Waals surface area contributed by atoms with Gasteiger partial charge in [0.1, 0.15) is 17.7 Å². The standard InChI is InChI=1S/C10H11FN/c1-12(2)7-6-8-9(11)4-3-5-10(8)12/h3-7H,1-2H3/q+1. The summed E-state index contributed by atoms with van der Waals surface area (Å²) in [5.74, 6) is -0.132. The molecule has 0 radical (unpaired) electrons. The van der Waals surface area contributed by atoms with Crippen LogP contribution in [0, 0.1) is 5.82 Å². The van der Waals surface area contributed by atoms with Crippen molar-refractivity contribution in [2.24, 2.45) is 0 Å². The molecule has 0 amide bonds. The molecule has 0 aromatic heterocycles. The molecule has 0 N–H and O–H groups in total. The fourth-order valence-corrected chi connectivity index (χ4v) is 1.53. The number of rotatable bonds is 0. The van der Waals surface area contributed by atoms with Crippen molar-refractivity contribution in [3.63, 3.8) is 0 Å². The first-order valence-corrected chi connectivity index (χ1v) is 3.93. The molecule has 0 saturated carbocycles. The van der Waals surface area contributed by atoms with Crippen LogP contribution in [0.25, 0.3) is 6.08 Å². The van der Waals surface area contributed by atoms with E-state index in [1.165, 1.54) is 6.07 Å². The minimum atomic E-state index is -0.132. The van der Waals surface area contributed by atoms with Gasteiger partial charge in [-0.25, -0.2) is 4.39 Å². The monoisotopic (exact) mass is 164 g/mol. The molecule has 2 rings (SSSR count). The summed E-state index contributed by atoms with van der Waals surface area (Å²) in [6.07, 6.45) is 3.82. The van der Waals surface area contributed by atoms with Crippen molar-refractivity contribution in [3.05, 3.63) is 35.8 Å². The van der Waals surface area contributed by atoms with Crippen molar-refractivity contribution in [2.45, 2.75) is 0 Å². The smallest absolute Gasteiger partial charge is 0.147 e. The fraction of sp³-hybridized carbons (Fsp3) is 0.200. The third-order valence-electron chi connectivity index (χ3n) is 2.26. The largest absolute Gasteiger partial charge is 0.269 e. The van der Waals surface area contributed by atoms with Gasteiger partial charge in [0.15, 0.2) is 0 Å². The number of hydrogen-bond donors (Lipinski definition) is 0. The Morgan fingerprint density at radius 1 is 1.25 bits per heavy atom. The molecular formula is C10H11FN+. The van der Waals surface area contributed by atoms with Gasteiger partial charge in [-0.1, -0.05) is 6.07 Å². The molecule has 1 heterocycles. The second kappa shape index (κ2) is 2.17. The average Bonchev–Trinajstić information content (AvgIpc) is 2.30. The minimum absolute atomic E-state index is 0.132.